The van der Waals surface area contributed by atoms with Crippen LogP contribution in [0.2, 0.25) is 5.02 Å². The van der Waals surface area contributed by atoms with E-state index in [1.165, 1.54) is 14.2 Å². The normalized spacial score (nSPS) is 11.4. The SMILES string of the molecule is CCC(=O)Nc1ccc(CP(=O)(OC)OC)c(Cl)c1. The molecular formula is C12H17ClNO4P. The van der Waals surface area contributed by atoms with Crippen LogP contribution < -0.4 is 5.32 Å². The number of amides is 1. The maximum Gasteiger partial charge on any atom is 0.334 e. The maximum atomic E-state index is 12.0. The summed E-state index contributed by atoms with van der Waals surface area (Å²) in [5.41, 5.74) is 1.24. The second-order valence-electron chi connectivity index (χ2n) is 3.84. The molecule has 0 bridgehead atoms. The molecular weight excluding hydrogens is 289 g/mol. The van der Waals surface area contributed by atoms with Gasteiger partial charge in [-0.1, -0.05) is 24.6 Å². The van der Waals surface area contributed by atoms with Crippen LogP contribution in [0.3, 0.4) is 0 Å². The summed E-state index contributed by atoms with van der Waals surface area (Å²) >= 11 is 6.09. The molecule has 5 nitrogen and oxygen atoms in total. The molecule has 1 aromatic rings. The van der Waals surface area contributed by atoms with Gasteiger partial charge in [0.05, 0.1) is 6.16 Å². The minimum Gasteiger partial charge on any atom is -0.326 e. The largest absolute Gasteiger partial charge is 0.334 e. The van der Waals surface area contributed by atoms with E-state index in [9.17, 15) is 9.36 Å². The summed E-state index contributed by atoms with van der Waals surface area (Å²) in [5, 5.41) is 3.10. The zero-order valence-corrected chi connectivity index (χ0v) is 12.8. The molecule has 0 saturated heterocycles. The Bertz CT molecular complexity index is 499. The molecule has 0 heterocycles. The van der Waals surface area contributed by atoms with E-state index in [0.29, 0.717) is 22.7 Å². The smallest absolute Gasteiger partial charge is 0.326 e. The highest BCUT2D eigenvalue weighted by Crippen LogP contribution is 2.50. The van der Waals surface area contributed by atoms with Gasteiger partial charge >= 0.3 is 7.60 Å². The Morgan fingerprint density at radius 1 is 1.37 bits per heavy atom. The minimum atomic E-state index is -3.15. The Labute approximate surface area is 117 Å². The highest BCUT2D eigenvalue weighted by atomic mass is 35.5. The molecule has 19 heavy (non-hydrogen) atoms. The Balaban J connectivity index is 2.89. The molecule has 106 valence electrons. The highest BCUT2D eigenvalue weighted by molar-refractivity contribution is 7.52. The van der Waals surface area contributed by atoms with Gasteiger partial charge in [-0.05, 0) is 17.7 Å². The number of hydrogen-bond donors (Lipinski definition) is 1. The van der Waals surface area contributed by atoms with Crippen molar-refractivity contribution in [2.75, 3.05) is 19.5 Å². The summed E-state index contributed by atoms with van der Waals surface area (Å²) in [6.07, 6.45) is 0.475. The first-order chi connectivity index (χ1) is 8.94. The van der Waals surface area contributed by atoms with Crippen LogP contribution in [0.15, 0.2) is 18.2 Å². The van der Waals surface area contributed by atoms with Gasteiger partial charge in [-0.15, -0.1) is 0 Å². The predicted molar refractivity (Wildman–Crippen MR) is 75.7 cm³/mol. The second kappa shape index (κ2) is 7.06. The van der Waals surface area contributed by atoms with Gasteiger partial charge in [0.2, 0.25) is 5.91 Å². The van der Waals surface area contributed by atoms with E-state index in [1.54, 1.807) is 25.1 Å². The van der Waals surface area contributed by atoms with Crippen molar-refractivity contribution < 1.29 is 18.4 Å². The van der Waals surface area contributed by atoms with Crippen molar-refractivity contribution in [1.29, 1.82) is 0 Å². The van der Waals surface area contributed by atoms with Gasteiger partial charge in [-0.3, -0.25) is 9.36 Å². The fraction of sp³-hybridized carbons (Fsp3) is 0.417. The van der Waals surface area contributed by atoms with E-state index in [1.807, 2.05) is 0 Å². The summed E-state index contributed by atoms with van der Waals surface area (Å²) < 4.78 is 21.7. The number of halogens is 1. The lowest BCUT2D eigenvalue weighted by molar-refractivity contribution is -0.115. The summed E-state index contributed by atoms with van der Waals surface area (Å²) in [6.45, 7) is 1.76. The van der Waals surface area contributed by atoms with Crippen LogP contribution in [0.5, 0.6) is 0 Å². The van der Waals surface area contributed by atoms with Gasteiger partial charge in [0.15, 0.2) is 0 Å². The highest BCUT2D eigenvalue weighted by Gasteiger charge is 2.23. The van der Waals surface area contributed by atoms with E-state index >= 15 is 0 Å². The number of hydrogen-bond acceptors (Lipinski definition) is 4. The van der Waals surface area contributed by atoms with Gasteiger partial charge in [0, 0.05) is 31.4 Å². The molecule has 0 aliphatic rings. The van der Waals surface area contributed by atoms with Crippen molar-refractivity contribution >= 4 is 30.8 Å². The third-order valence-corrected chi connectivity index (χ3v) is 4.77. The monoisotopic (exact) mass is 305 g/mol. The molecule has 0 radical (unpaired) electrons. The van der Waals surface area contributed by atoms with Crippen molar-refractivity contribution in [2.24, 2.45) is 0 Å². The Morgan fingerprint density at radius 2 is 2.00 bits per heavy atom. The van der Waals surface area contributed by atoms with Crippen LogP contribution in [-0.2, 0) is 24.6 Å². The lowest BCUT2D eigenvalue weighted by Gasteiger charge is -2.15. The molecule has 1 rings (SSSR count). The molecule has 0 aromatic heterocycles. The van der Waals surface area contributed by atoms with E-state index in [0.717, 1.165) is 0 Å². The Kier molecular flexibility index (Phi) is 6.01. The summed E-state index contributed by atoms with van der Waals surface area (Å²) in [6, 6.07) is 5.00. The number of anilines is 1. The van der Waals surface area contributed by atoms with Crippen LogP contribution in [0.4, 0.5) is 5.69 Å². The third kappa shape index (κ3) is 4.62. The Hall–Kier alpha value is -0.870. The van der Waals surface area contributed by atoms with Gasteiger partial charge in [-0.2, -0.15) is 0 Å². The van der Waals surface area contributed by atoms with Gasteiger partial charge in [0.1, 0.15) is 0 Å². The van der Waals surface area contributed by atoms with Crippen molar-refractivity contribution in [3.05, 3.63) is 28.8 Å². The number of benzene rings is 1. The third-order valence-electron chi connectivity index (χ3n) is 2.58. The molecule has 0 fully saturated rings. The first kappa shape index (κ1) is 16.2. The number of carbonyl (C=O) groups excluding carboxylic acids is 1. The number of nitrogens with one attached hydrogen (secondary N) is 1. The average Bonchev–Trinajstić information content (AvgIpc) is 2.41. The lowest BCUT2D eigenvalue weighted by Crippen LogP contribution is -2.09. The summed E-state index contributed by atoms with van der Waals surface area (Å²) in [4.78, 5) is 11.3. The molecule has 0 saturated carbocycles. The fourth-order valence-corrected chi connectivity index (χ4v) is 2.86. The predicted octanol–water partition coefficient (Wildman–Crippen LogP) is 3.67. The molecule has 1 N–H and O–H groups in total. The molecule has 0 unspecified atom stereocenters. The molecule has 0 aliphatic heterocycles. The molecule has 0 aliphatic carbocycles. The van der Waals surface area contributed by atoms with Crippen molar-refractivity contribution in [2.45, 2.75) is 19.5 Å². The van der Waals surface area contributed by atoms with Gasteiger partial charge in [-0.25, -0.2) is 0 Å². The van der Waals surface area contributed by atoms with E-state index in [2.05, 4.69) is 5.32 Å². The molecule has 1 amide bonds. The second-order valence-corrected chi connectivity index (χ2v) is 6.52. The molecule has 7 heteroatoms. The summed E-state index contributed by atoms with van der Waals surface area (Å²) in [5.74, 6) is -0.0942. The Morgan fingerprint density at radius 3 is 2.47 bits per heavy atom. The average molecular weight is 306 g/mol. The first-order valence-electron chi connectivity index (χ1n) is 5.73. The lowest BCUT2D eigenvalue weighted by atomic mass is 10.2. The molecule has 0 spiro atoms. The summed E-state index contributed by atoms with van der Waals surface area (Å²) in [7, 11) is -0.495. The topological polar surface area (TPSA) is 64.6 Å². The number of carbonyl (C=O) groups is 1. The number of rotatable bonds is 6. The maximum absolute atomic E-state index is 12.0. The van der Waals surface area contributed by atoms with Crippen LogP contribution in [-0.4, -0.2) is 20.1 Å². The van der Waals surface area contributed by atoms with Crippen LogP contribution in [0, 0.1) is 0 Å². The zero-order valence-electron chi connectivity index (χ0n) is 11.1. The standard InChI is InChI=1S/C12H17ClNO4P/c1-4-12(15)14-10-6-5-9(11(13)7-10)8-19(16,17-2)18-3/h5-7H,4,8H2,1-3H3,(H,14,15). The van der Waals surface area contributed by atoms with E-state index in [4.69, 9.17) is 20.6 Å². The van der Waals surface area contributed by atoms with Crippen LogP contribution >= 0.6 is 19.2 Å². The fourth-order valence-electron chi connectivity index (χ4n) is 1.41. The van der Waals surface area contributed by atoms with Gasteiger partial charge in [0.25, 0.3) is 0 Å². The van der Waals surface area contributed by atoms with Crippen LogP contribution in [0.25, 0.3) is 0 Å². The zero-order chi connectivity index (χ0) is 14.5. The van der Waals surface area contributed by atoms with E-state index < -0.39 is 7.60 Å². The molecule has 1 aromatic carbocycles. The van der Waals surface area contributed by atoms with Gasteiger partial charge < -0.3 is 14.4 Å². The van der Waals surface area contributed by atoms with E-state index in [-0.39, 0.29) is 12.1 Å². The quantitative estimate of drug-likeness (QED) is 0.814. The van der Waals surface area contributed by atoms with Crippen LogP contribution in [0.1, 0.15) is 18.9 Å². The van der Waals surface area contributed by atoms with Crippen molar-refractivity contribution in [3.63, 3.8) is 0 Å². The molecule has 0 atom stereocenters. The van der Waals surface area contributed by atoms with Crippen molar-refractivity contribution in [3.8, 4) is 0 Å². The van der Waals surface area contributed by atoms with Crippen molar-refractivity contribution in [1.82, 2.24) is 0 Å². The minimum absolute atomic E-state index is 0.0842. The first-order valence-corrected chi connectivity index (χ1v) is 7.83.